The second-order valence-corrected chi connectivity index (χ2v) is 7.57. The molecule has 0 spiro atoms. The topological polar surface area (TPSA) is 65.1 Å². The first kappa shape index (κ1) is 23.4. The molecule has 2 heterocycles. The van der Waals surface area contributed by atoms with E-state index in [1.807, 2.05) is 47.9 Å². The molecule has 2 saturated heterocycles. The lowest BCUT2D eigenvalue weighted by Crippen LogP contribution is -2.52. The summed E-state index contributed by atoms with van der Waals surface area (Å²) in [6.07, 6.45) is 0.0581. The zero-order valence-electron chi connectivity index (χ0n) is 17.4. The fourth-order valence-electron chi connectivity index (χ4n) is 3.70. The van der Waals surface area contributed by atoms with Crippen molar-refractivity contribution < 1.29 is 14.3 Å². The Morgan fingerprint density at radius 1 is 1.03 bits per heavy atom. The summed E-state index contributed by atoms with van der Waals surface area (Å²) >= 11 is 0. The summed E-state index contributed by atoms with van der Waals surface area (Å²) in [7, 11) is 0. The molecule has 2 aliphatic heterocycles. The summed E-state index contributed by atoms with van der Waals surface area (Å²) in [6, 6.07) is 7.75. The van der Waals surface area contributed by atoms with Crippen LogP contribution >= 0.6 is 12.4 Å². The van der Waals surface area contributed by atoms with Gasteiger partial charge in [0.2, 0.25) is 5.91 Å². The van der Waals surface area contributed by atoms with E-state index in [9.17, 15) is 9.59 Å². The summed E-state index contributed by atoms with van der Waals surface area (Å²) in [6.45, 7) is 10.9. The van der Waals surface area contributed by atoms with Gasteiger partial charge in [-0.25, -0.2) is 0 Å². The van der Waals surface area contributed by atoms with E-state index in [-0.39, 0.29) is 24.2 Å². The third-order valence-electron chi connectivity index (χ3n) is 5.54. The molecule has 162 valence electrons. The Bertz CT molecular complexity index is 674. The summed E-state index contributed by atoms with van der Waals surface area (Å²) in [5.74, 6) is 1.02. The number of piperazine rings is 2. The number of nitrogens with zero attached hydrogens (tertiary/aromatic N) is 3. The maximum absolute atomic E-state index is 12.7. The van der Waals surface area contributed by atoms with Gasteiger partial charge in [-0.2, -0.15) is 0 Å². The highest BCUT2D eigenvalue weighted by Gasteiger charge is 2.27. The van der Waals surface area contributed by atoms with Gasteiger partial charge in [0.15, 0.2) is 6.10 Å². The predicted octanol–water partition coefficient (Wildman–Crippen LogP) is 1.15. The molecular formula is C21H33ClN4O3. The van der Waals surface area contributed by atoms with Gasteiger partial charge in [-0.15, -0.1) is 12.4 Å². The molecule has 0 saturated carbocycles. The van der Waals surface area contributed by atoms with E-state index in [1.54, 1.807) is 0 Å². The smallest absolute Gasteiger partial charge is 0.263 e. The van der Waals surface area contributed by atoms with Gasteiger partial charge in [-0.1, -0.05) is 18.2 Å². The largest absolute Gasteiger partial charge is 0.481 e. The number of amides is 2. The predicted molar refractivity (Wildman–Crippen MR) is 116 cm³/mol. The van der Waals surface area contributed by atoms with Gasteiger partial charge in [0.05, 0.1) is 0 Å². The van der Waals surface area contributed by atoms with E-state index >= 15 is 0 Å². The Balaban J connectivity index is 0.00000300. The van der Waals surface area contributed by atoms with Crippen molar-refractivity contribution in [3.63, 3.8) is 0 Å². The number of carbonyl (C=O) groups is 2. The maximum Gasteiger partial charge on any atom is 0.263 e. The molecule has 7 nitrogen and oxygen atoms in total. The lowest BCUT2D eigenvalue weighted by Gasteiger charge is -2.36. The van der Waals surface area contributed by atoms with Crippen molar-refractivity contribution in [2.75, 3.05) is 58.9 Å². The molecule has 1 aromatic rings. The van der Waals surface area contributed by atoms with Crippen molar-refractivity contribution in [3.8, 4) is 5.75 Å². The average Bonchev–Trinajstić information content (AvgIpc) is 2.74. The Labute approximate surface area is 179 Å². The second kappa shape index (κ2) is 11.4. The zero-order valence-corrected chi connectivity index (χ0v) is 18.2. The van der Waals surface area contributed by atoms with Crippen molar-refractivity contribution in [2.45, 2.75) is 26.4 Å². The van der Waals surface area contributed by atoms with E-state index in [4.69, 9.17) is 4.74 Å². The molecule has 2 aliphatic rings. The standard InChI is InChI=1S/C21H32N4O3.ClH/c1-17-5-3-4-6-19(17)28-18(2)21(27)25-15-13-23(14-16-25)10-7-20(26)24-11-8-22-9-12-24;/h3-6,18,22H,7-16H2,1-2H3;1H. The van der Waals surface area contributed by atoms with Crippen LogP contribution < -0.4 is 10.1 Å². The third kappa shape index (κ3) is 6.59. The minimum absolute atomic E-state index is 0. The number of aryl methyl sites for hydroxylation is 1. The Morgan fingerprint density at radius 2 is 1.69 bits per heavy atom. The number of hydrogen-bond donors (Lipinski definition) is 1. The van der Waals surface area contributed by atoms with E-state index < -0.39 is 6.10 Å². The Kier molecular flexibility index (Phi) is 9.20. The van der Waals surface area contributed by atoms with Gasteiger partial charge in [0.25, 0.3) is 5.91 Å². The van der Waals surface area contributed by atoms with Crippen molar-refractivity contribution in [1.82, 2.24) is 20.0 Å². The zero-order chi connectivity index (χ0) is 19.9. The number of ether oxygens (including phenoxy) is 1. The third-order valence-corrected chi connectivity index (χ3v) is 5.54. The minimum Gasteiger partial charge on any atom is -0.481 e. The van der Waals surface area contributed by atoms with Crippen LogP contribution in [0.3, 0.4) is 0 Å². The molecule has 29 heavy (non-hydrogen) atoms. The number of benzene rings is 1. The van der Waals surface area contributed by atoms with Crippen molar-refractivity contribution >= 4 is 24.2 Å². The van der Waals surface area contributed by atoms with Crippen LogP contribution in [0.25, 0.3) is 0 Å². The van der Waals surface area contributed by atoms with Crippen LogP contribution in [0.1, 0.15) is 18.9 Å². The van der Waals surface area contributed by atoms with Crippen molar-refractivity contribution in [2.24, 2.45) is 0 Å². The van der Waals surface area contributed by atoms with Crippen LogP contribution in [0.5, 0.6) is 5.75 Å². The molecular weight excluding hydrogens is 392 g/mol. The Morgan fingerprint density at radius 3 is 2.34 bits per heavy atom. The van der Waals surface area contributed by atoms with E-state index in [1.165, 1.54) is 0 Å². The molecule has 0 aliphatic carbocycles. The molecule has 1 atom stereocenters. The highest BCUT2D eigenvalue weighted by atomic mass is 35.5. The number of rotatable bonds is 6. The van der Waals surface area contributed by atoms with Gasteiger partial charge >= 0.3 is 0 Å². The van der Waals surface area contributed by atoms with E-state index in [0.29, 0.717) is 19.5 Å². The summed E-state index contributed by atoms with van der Waals surface area (Å²) < 4.78 is 5.87. The molecule has 1 N–H and O–H groups in total. The molecule has 2 fully saturated rings. The quantitative estimate of drug-likeness (QED) is 0.742. The van der Waals surface area contributed by atoms with Crippen LogP contribution in [0.15, 0.2) is 24.3 Å². The number of halogens is 1. The minimum atomic E-state index is -0.498. The maximum atomic E-state index is 12.7. The summed E-state index contributed by atoms with van der Waals surface area (Å²) in [5, 5.41) is 3.27. The van der Waals surface area contributed by atoms with E-state index in [2.05, 4.69) is 10.2 Å². The first-order valence-electron chi connectivity index (χ1n) is 10.3. The average molecular weight is 425 g/mol. The van der Waals surface area contributed by atoms with Gasteiger partial charge in [-0.05, 0) is 25.5 Å². The second-order valence-electron chi connectivity index (χ2n) is 7.57. The lowest BCUT2D eigenvalue weighted by molar-refractivity contribution is -0.140. The Hall–Kier alpha value is -1.83. The van der Waals surface area contributed by atoms with E-state index in [0.717, 1.165) is 57.1 Å². The van der Waals surface area contributed by atoms with Crippen molar-refractivity contribution in [3.05, 3.63) is 29.8 Å². The molecule has 8 heteroatoms. The molecule has 2 amide bonds. The van der Waals surface area contributed by atoms with Crippen LogP contribution in [-0.4, -0.2) is 91.5 Å². The van der Waals surface area contributed by atoms with Gasteiger partial charge < -0.3 is 19.9 Å². The monoisotopic (exact) mass is 424 g/mol. The van der Waals surface area contributed by atoms with Gasteiger partial charge in [0.1, 0.15) is 5.75 Å². The van der Waals surface area contributed by atoms with Crippen LogP contribution in [-0.2, 0) is 9.59 Å². The highest BCUT2D eigenvalue weighted by Crippen LogP contribution is 2.18. The fraction of sp³-hybridized carbons (Fsp3) is 0.619. The van der Waals surface area contributed by atoms with Gasteiger partial charge in [0, 0.05) is 65.3 Å². The number of nitrogens with one attached hydrogen (secondary N) is 1. The summed E-state index contributed by atoms with van der Waals surface area (Å²) in [4.78, 5) is 31.1. The first-order chi connectivity index (χ1) is 13.5. The summed E-state index contributed by atoms with van der Waals surface area (Å²) in [5.41, 5.74) is 1.03. The van der Waals surface area contributed by atoms with Crippen LogP contribution in [0.4, 0.5) is 0 Å². The lowest BCUT2D eigenvalue weighted by atomic mass is 10.2. The van der Waals surface area contributed by atoms with Crippen LogP contribution in [0.2, 0.25) is 0 Å². The first-order valence-corrected chi connectivity index (χ1v) is 10.3. The fourth-order valence-corrected chi connectivity index (χ4v) is 3.70. The molecule has 0 aromatic heterocycles. The van der Waals surface area contributed by atoms with Crippen molar-refractivity contribution in [1.29, 1.82) is 0 Å². The molecule has 0 radical (unpaired) electrons. The SMILES string of the molecule is Cc1ccccc1OC(C)C(=O)N1CCN(CCC(=O)N2CCNCC2)CC1.Cl. The molecule has 1 unspecified atom stereocenters. The molecule has 1 aromatic carbocycles. The van der Waals surface area contributed by atoms with Crippen LogP contribution in [0, 0.1) is 6.92 Å². The normalized spacial score (nSPS) is 18.7. The molecule has 0 bridgehead atoms. The molecule has 3 rings (SSSR count). The number of hydrogen-bond acceptors (Lipinski definition) is 5. The highest BCUT2D eigenvalue weighted by molar-refractivity contribution is 5.85. The van der Waals surface area contributed by atoms with Gasteiger partial charge in [-0.3, -0.25) is 14.5 Å². The number of carbonyl (C=O) groups excluding carboxylic acids is 2. The number of para-hydroxylation sites is 1.